The van der Waals surface area contributed by atoms with Crippen LogP contribution in [0.25, 0.3) is 0 Å². The maximum absolute atomic E-state index is 5.63. The molecule has 5 heteroatoms. The molecule has 0 unspecified atom stereocenters. The second kappa shape index (κ2) is 9.83. The summed E-state index contributed by atoms with van der Waals surface area (Å²) in [5.74, 6) is 0. The van der Waals surface area contributed by atoms with E-state index in [1.165, 1.54) is 6.26 Å². The molecule has 0 saturated carbocycles. The topological polar surface area (TPSA) is 36.9 Å². The van der Waals surface area contributed by atoms with Gasteiger partial charge in [-0.2, -0.15) is 0 Å². The number of hydrogen-bond donors (Lipinski definition) is 0. The van der Waals surface area contributed by atoms with Crippen molar-refractivity contribution in [2.45, 2.75) is 19.6 Å². The van der Waals surface area contributed by atoms with Gasteiger partial charge in [0.2, 0.25) is 0 Å². The van der Waals surface area contributed by atoms with E-state index in [1.807, 2.05) is 0 Å². The van der Waals surface area contributed by atoms with Crippen molar-refractivity contribution in [3.05, 3.63) is 12.8 Å². The lowest BCUT2D eigenvalue weighted by Gasteiger charge is -2.16. The molecule has 0 N–H and O–H groups in total. The number of ether oxygens (including phenoxy) is 3. The average Bonchev–Trinajstić information content (AvgIpc) is 2.19. The van der Waals surface area contributed by atoms with Crippen LogP contribution in [0.5, 0.6) is 0 Å². The third-order valence-electron chi connectivity index (χ3n) is 1.60. The van der Waals surface area contributed by atoms with Crippen molar-refractivity contribution in [3.63, 3.8) is 0 Å². The molecule has 96 valence electrons. The zero-order valence-electron chi connectivity index (χ0n) is 10.7. The van der Waals surface area contributed by atoms with E-state index in [-0.39, 0.29) is 0 Å². The molecule has 0 fully saturated rings. The van der Waals surface area contributed by atoms with Gasteiger partial charge in [0.1, 0.15) is 6.61 Å². The molecule has 0 aliphatic heterocycles. The van der Waals surface area contributed by atoms with Gasteiger partial charge in [-0.15, -0.1) is 0 Å². The average molecular weight is 248 g/mol. The van der Waals surface area contributed by atoms with Gasteiger partial charge >= 0.3 is 0 Å². The molecule has 0 spiro atoms. The predicted molar refractivity (Wildman–Crippen MR) is 67.1 cm³/mol. The SMILES string of the molecule is C=COCCOCCOCCO[Si](C)(C)C. The van der Waals surface area contributed by atoms with Crippen LogP contribution in [0.3, 0.4) is 0 Å². The van der Waals surface area contributed by atoms with E-state index in [1.54, 1.807) is 0 Å². The van der Waals surface area contributed by atoms with Gasteiger partial charge in [0, 0.05) is 0 Å². The molecule has 0 rings (SSSR count). The Morgan fingerprint density at radius 2 is 1.38 bits per heavy atom. The van der Waals surface area contributed by atoms with Crippen LogP contribution >= 0.6 is 0 Å². The first-order valence-corrected chi connectivity index (χ1v) is 8.99. The number of rotatable bonds is 11. The fraction of sp³-hybridized carbons (Fsp3) is 0.818. The van der Waals surface area contributed by atoms with Crippen LogP contribution in [0.2, 0.25) is 19.6 Å². The van der Waals surface area contributed by atoms with E-state index >= 15 is 0 Å². The lowest BCUT2D eigenvalue weighted by atomic mass is 10.7. The first-order chi connectivity index (χ1) is 7.56. The van der Waals surface area contributed by atoms with Crippen molar-refractivity contribution < 1.29 is 18.6 Å². The molecule has 0 bridgehead atoms. The molecular formula is C11H24O4Si. The zero-order chi connectivity index (χ0) is 12.3. The van der Waals surface area contributed by atoms with Crippen molar-refractivity contribution in [2.24, 2.45) is 0 Å². The lowest BCUT2D eigenvalue weighted by Crippen LogP contribution is -2.27. The summed E-state index contributed by atoms with van der Waals surface area (Å²) < 4.78 is 21.1. The second-order valence-electron chi connectivity index (χ2n) is 4.22. The third-order valence-corrected chi connectivity index (χ3v) is 2.67. The molecule has 0 aromatic heterocycles. The highest BCUT2D eigenvalue weighted by Crippen LogP contribution is 2.01. The van der Waals surface area contributed by atoms with Crippen LogP contribution in [0, 0.1) is 0 Å². The summed E-state index contributed by atoms with van der Waals surface area (Å²) in [6, 6.07) is 0. The Morgan fingerprint density at radius 3 is 1.88 bits per heavy atom. The molecule has 0 saturated heterocycles. The zero-order valence-corrected chi connectivity index (χ0v) is 11.7. The normalized spacial score (nSPS) is 11.4. The molecule has 0 aromatic carbocycles. The maximum atomic E-state index is 5.63. The molecule has 0 amide bonds. The highest BCUT2D eigenvalue weighted by molar-refractivity contribution is 6.69. The highest BCUT2D eigenvalue weighted by Gasteiger charge is 2.12. The summed E-state index contributed by atoms with van der Waals surface area (Å²) in [5.41, 5.74) is 0. The van der Waals surface area contributed by atoms with Crippen molar-refractivity contribution in [2.75, 3.05) is 39.6 Å². The first kappa shape index (κ1) is 15.6. The Bertz CT molecular complexity index is 168. The smallest absolute Gasteiger partial charge is 0.183 e. The van der Waals surface area contributed by atoms with E-state index in [0.29, 0.717) is 39.6 Å². The highest BCUT2D eigenvalue weighted by atomic mass is 28.4. The summed E-state index contributed by atoms with van der Waals surface area (Å²) >= 11 is 0. The van der Waals surface area contributed by atoms with Crippen LogP contribution in [-0.4, -0.2) is 48.0 Å². The lowest BCUT2D eigenvalue weighted by molar-refractivity contribution is 0.0221. The summed E-state index contributed by atoms with van der Waals surface area (Å²) in [6.07, 6.45) is 1.41. The molecule has 0 heterocycles. The van der Waals surface area contributed by atoms with Gasteiger partial charge in [-0.05, 0) is 19.6 Å². The van der Waals surface area contributed by atoms with Gasteiger partial charge in [-0.1, -0.05) is 6.58 Å². The first-order valence-electron chi connectivity index (χ1n) is 5.58. The second-order valence-corrected chi connectivity index (χ2v) is 8.74. The summed E-state index contributed by atoms with van der Waals surface area (Å²) in [5, 5.41) is 0. The summed E-state index contributed by atoms with van der Waals surface area (Å²) in [4.78, 5) is 0. The Balaban J connectivity index is 3.01. The summed E-state index contributed by atoms with van der Waals surface area (Å²) in [6.45, 7) is 13.5. The minimum atomic E-state index is -1.38. The van der Waals surface area contributed by atoms with E-state index < -0.39 is 8.32 Å². The van der Waals surface area contributed by atoms with Gasteiger partial charge in [-0.25, -0.2) is 0 Å². The summed E-state index contributed by atoms with van der Waals surface area (Å²) in [7, 11) is -1.38. The Hall–Kier alpha value is -0.363. The third kappa shape index (κ3) is 13.6. The minimum Gasteiger partial charge on any atom is -0.499 e. The van der Waals surface area contributed by atoms with Crippen LogP contribution in [0.15, 0.2) is 12.8 Å². The largest absolute Gasteiger partial charge is 0.499 e. The monoisotopic (exact) mass is 248 g/mol. The Kier molecular flexibility index (Phi) is 9.61. The van der Waals surface area contributed by atoms with Crippen LogP contribution in [-0.2, 0) is 18.6 Å². The van der Waals surface area contributed by atoms with Gasteiger partial charge in [0.05, 0.1) is 39.3 Å². The molecule has 0 aromatic rings. The molecule has 0 aliphatic rings. The predicted octanol–water partition coefficient (Wildman–Crippen LogP) is 2.03. The Morgan fingerprint density at radius 1 is 0.875 bits per heavy atom. The van der Waals surface area contributed by atoms with Crippen LogP contribution in [0.4, 0.5) is 0 Å². The molecule has 16 heavy (non-hydrogen) atoms. The fourth-order valence-corrected chi connectivity index (χ4v) is 1.61. The maximum Gasteiger partial charge on any atom is 0.183 e. The fourth-order valence-electron chi connectivity index (χ4n) is 0.919. The van der Waals surface area contributed by atoms with Crippen molar-refractivity contribution in [1.82, 2.24) is 0 Å². The minimum absolute atomic E-state index is 0.544. The standard InChI is InChI=1S/C11H24O4Si/c1-5-12-6-7-13-8-9-14-10-11-15-16(2,3)4/h5H,1,6-11H2,2-4H3. The molecular weight excluding hydrogens is 224 g/mol. The van der Waals surface area contributed by atoms with Gasteiger partial charge in [0.25, 0.3) is 0 Å². The molecule has 0 atom stereocenters. The Labute approximate surface area is 99.7 Å². The molecule has 0 aliphatic carbocycles. The van der Waals surface area contributed by atoms with E-state index in [0.717, 1.165) is 0 Å². The van der Waals surface area contributed by atoms with Gasteiger partial charge in [0.15, 0.2) is 8.32 Å². The van der Waals surface area contributed by atoms with Crippen molar-refractivity contribution >= 4 is 8.32 Å². The van der Waals surface area contributed by atoms with Crippen molar-refractivity contribution in [3.8, 4) is 0 Å². The molecule has 0 radical (unpaired) electrons. The van der Waals surface area contributed by atoms with Crippen LogP contribution < -0.4 is 0 Å². The van der Waals surface area contributed by atoms with Gasteiger partial charge < -0.3 is 18.6 Å². The van der Waals surface area contributed by atoms with E-state index in [2.05, 4.69) is 26.2 Å². The van der Waals surface area contributed by atoms with Gasteiger partial charge in [-0.3, -0.25) is 0 Å². The van der Waals surface area contributed by atoms with E-state index in [9.17, 15) is 0 Å². The van der Waals surface area contributed by atoms with E-state index in [4.69, 9.17) is 18.6 Å². The number of hydrogen-bond acceptors (Lipinski definition) is 4. The van der Waals surface area contributed by atoms with Crippen molar-refractivity contribution in [1.29, 1.82) is 0 Å². The van der Waals surface area contributed by atoms with Crippen LogP contribution in [0.1, 0.15) is 0 Å². The molecule has 4 nitrogen and oxygen atoms in total. The quantitative estimate of drug-likeness (QED) is 0.318.